The number of aromatic nitrogens is 1. The molecule has 0 saturated heterocycles. The lowest BCUT2D eigenvalue weighted by Crippen LogP contribution is -2.25. The van der Waals surface area contributed by atoms with Gasteiger partial charge in [0.25, 0.3) is 0 Å². The molecule has 2 heterocycles. The molecule has 0 radical (unpaired) electrons. The number of carbonyl (C=O) groups excluding carboxylic acids is 1. The van der Waals surface area contributed by atoms with Gasteiger partial charge in [-0.05, 0) is 18.9 Å². The Labute approximate surface area is 169 Å². The number of pyridine rings is 1. The van der Waals surface area contributed by atoms with Gasteiger partial charge in [0.05, 0.1) is 28.9 Å². The van der Waals surface area contributed by atoms with Crippen LogP contribution in [0.25, 0.3) is 11.3 Å². The molecule has 0 unspecified atom stereocenters. The lowest BCUT2D eigenvalue weighted by Gasteiger charge is -2.24. The summed E-state index contributed by atoms with van der Waals surface area (Å²) in [5, 5.41) is 0.413. The average molecular weight is 406 g/mol. The van der Waals surface area contributed by atoms with Crippen molar-refractivity contribution in [2.75, 3.05) is 26.9 Å². The number of benzene rings is 1. The third-order valence-corrected chi connectivity index (χ3v) is 5.15. The van der Waals surface area contributed by atoms with Crippen LogP contribution >= 0.6 is 11.6 Å². The maximum atomic E-state index is 12.5. The predicted octanol–water partition coefficient (Wildman–Crippen LogP) is 3.99. The number of rotatable bonds is 6. The highest BCUT2D eigenvalue weighted by atomic mass is 35.5. The average Bonchev–Trinajstić information content (AvgIpc) is 2.78. The first kappa shape index (κ1) is 20.4. The molecular formula is C21H24ClNO5. The van der Waals surface area contributed by atoms with E-state index in [4.69, 9.17) is 25.8 Å². The summed E-state index contributed by atoms with van der Waals surface area (Å²) in [5.41, 5.74) is 1.22. The molecule has 6 nitrogen and oxygen atoms in total. The Morgan fingerprint density at radius 1 is 1.32 bits per heavy atom. The van der Waals surface area contributed by atoms with E-state index < -0.39 is 0 Å². The number of ketones is 1. The van der Waals surface area contributed by atoms with Gasteiger partial charge in [0.2, 0.25) is 0 Å². The zero-order valence-electron chi connectivity index (χ0n) is 16.5. The molecule has 1 aliphatic rings. The smallest absolute Gasteiger partial charge is 0.192 e. The zero-order valence-corrected chi connectivity index (χ0v) is 17.2. The first-order valence-electron chi connectivity index (χ1n) is 9.19. The number of carbonyl (C=O) groups is 1. The minimum Gasteiger partial charge on any atom is -0.491 e. The van der Waals surface area contributed by atoms with Gasteiger partial charge in [-0.2, -0.15) is 0 Å². The molecule has 0 spiro atoms. The fourth-order valence-corrected chi connectivity index (χ4v) is 3.49. The van der Waals surface area contributed by atoms with Crippen molar-refractivity contribution in [3.8, 4) is 22.8 Å². The molecule has 1 aromatic heterocycles. The quantitative estimate of drug-likeness (QED) is 0.537. The second-order valence-corrected chi connectivity index (χ2v) is 7.55. The van der Waals surface area contributed by atoms with E-state index in [1.165, 1.54) is 13.0 Å². The van der Waals surface area contributed by atoms with Crippen molar-refractivity contribution in [2.24, 2.45) is 5.92 Å². The Morgan fingerprint density at radius 3 is 2.71 bits per heavy atom. The van der Waals surface area contributed by atoms with Gasteiger partial charge in [-0.1, -0.05) is 25.4 Å². The van der Waals surface area contributed by atoms with Gasteiger partial charge in [0.15, 0.2) is 11.2 Å². The van der Waals surface area contributed by atoms with Crippen molar-refractivity contribution in [3.05, 3.63) is 45.2 Å². The van der Waals surface area contributed by atoms with E-state index in [2.05, 4.69) is 13.8 Å². The number of hydrogen-bond donors (Lipinski definition) is 0. The van der Waals surface area contributed by atoms with Crippen molar-refractivity contribution >= 4 is 17.4 Å². The van der Waals surface area contributed by atoms with E-state index in [0.717, 1.165) is 0 Å². The Bertz CT molecular complexity index is 951. The maximum absolute atomic E-state index is 12.5. The fraction of sp³-hybridized carbons (Fsp3) is 0.429. The molecule has 7 heteroatoms. The Morgan fingerprint density at radius 2 is 2.07 bits per heavy atom. The van der Waals surface area contributed by atoms with E-state index in [1.807, 2.05) is 4.57 Å². The Balaban J connectivity index is 2.16. The number of nitrogens with zero attached hydrogens (tertiary/aromatic N) is 1. The number of methoxy groups -OCH3 is 1. The summed E-state index contributed by atoms with van der Waals surface area (Å²) >= 11 is 6.42. The van der Waals surface area contributed by atoms with Gasteiger partial charge < -0.3 is 18.8 Å². The summed E-state index contributed by atoms with van der Waals surface area (Å²) in [6.07, 6.45) is 1.64. The molecule has 28 heavy (non-hydrogen) atoms. The van der Waals surface area contributed by atoms with E-state index in [0.29, 0.717) is 47.6 Å². The summed E-state index contributed by atoms with van der Waals surface area (Å²) < 4.78 is 18.7. The monoisotopic (exact) mass is 405 g/mol. The number of halogens is 1. The van der Waals surface area contributed by atoms with Gasteiger partial charge in [-0.15, -0.1) is 0 Å². The summed E-state index contributed by atoms with van der Waals surface area (Å²) in [4.78, 5) is 24.4. The van der Waals surface area contributed by atoms with Crippen LogP contribution in [0.15, 0.2) is 29.2 Å². The molecular weight excluding hydrogens is 382 g/mol. The van der Waals surface area contributed by atoms with E-state index >= 15 is 0 Å². The summed E-state index contributed by atoms with van der Waals surface area (Å²) in [6.45, 7) is 6.75. The second kappa shape index (κ2) is 8.37. The van der Waals surface area contributed by atoms with Gasteiger partial charge in [-0.3, -0.25) is 9.59 Å². The van der Waals surface area contributed by atoms with Crippen LogP contribution in [0.4, 0.5) is 0 Å². The summed E-state index contributed by atoms with van der Waals surface area (Å²) in [6, 6.07) is 4.92. The summed E-state index contributed by atoms with van der Waals surface area (Å²) in [7, 11) is 1.60. The van der Waals surface area contributed by atoms with Crippen LogP contribution in [0.5, 0.6) is 11.5 Å². The molecule has 0 saturated carbocycles. The highest BCUT2D eigenvalue weighted by Crippen LogP contribution is 2.42. The molecule has 0 N–H and O–H groups in total. The number of ether oxygens (including phenoxy) is 3. The minimum absolute atomic E-state index is 0.0438. The third-order valence-electron chi connectivity index (χ3n) is 4.85. The Hall–Kier alpha value is -2.31. The second-order valence-electron chi connectivity index (χ2n) is 7.14. The van der Waals surface area contributed by atoms with E-state index in [-0.39, 0.29) is 28.7 Å². The molecule has 150 valence electrons. The maximum Gasteiger partial charge on any atom is 0.192 e. The number of fused-ring (bicyclic) bond motifs is 3. The number of Topliss-reactive ketones (excluding diaryl/α,β-unsaturated/α-hetero) is 1. The van der Waals surface area contributed by atoms with Crippen molar-refractivity contribution in [3.63, 3.8) is 0 Å². The fourth-order valence-electron chi connectivity index (χ4n) is 3.27. The van der Waals surface area contributed by atoms with Crippen LogP contribution in [0.2, 0.25) is 5.02 Å². The van der Waals surface area contributed by atoms with Crippen LogP contribution in [-0.4, -0.2) is 37.3 Å². The van der Waals surface area contributed by atoms with Crippen LogP contribution in [0.3, 0.4) is 0 Å². The lowest BCUT2D eigenvalue weighted by atomic mass is 10.0. The zero-order chi connectivity index (χ0) is 20.4. The van der Waals surface area contributed by atoms with E-state index in [9.17, 15) is 9.59 Å². The van der Waals surface area contributed by atoms with Crippen LogP contribution in [0, 0.1) is 5.92 Å². The van der Waals surface area contributed by atoms with Crippen LogP contribution in [-0.2, 0) is 4.74 Å². The van der Waals surface area contributed by atoms with Crippen LogP contribution < -0.4 is 14.9 Å². The number of hydrogen-bond acceptors (Lipinski definition) is 5. The molecule has 3 rings (SSSR count). The highest BCUT2D eigenvalue weighted by molar-refractivity contribution is 6.32. The van der Waals surface area contributed by atoms with Gasteiger partial charge in [-0.25, -0.2) is 0 Å². The summed E-state index contributed by atoms with van der Waals surface area (Å²) in [5.74, 6) is 1.05. The molecule has 1 aromatic carbocycles. The minimum atomic E-state index is -0.314. The van der Waals surface area contributed by atoms with Crippen molar-refractivity contribution in [2.45, 2.75) is 26.8 Å². The van der Waals surface area contributed by atoms with Gasteiger partial charge >= 0.3 is 0 Å². The third kappa shape index (κ3) is 3.93. The van der Waals surface area contributed by atoms with Crippen molar-refractivity contribution in [1.29, 1.82) is 0 Å². The van der Waals surface area contributed by atoms with Gasteiger partial charge in [0.1, 0.15) is 24.7 Å². The van der Waals surface area contributed by atoms with E-state index in [1.54, 1.807) is 25.4 Å². The van der Waals surface area contributed by atoms with Crippen molar-refractivity contribution < 1.29 is 19.0 Å². The Kier molecular flexibility index (Phi) is 6.10. The normalized spacial score (nSPS) is 15.4. The SMILES string of the molecule is COCCOc1cc2c(cc1Cl)-c1cc(=O)c(C(C)=O)cn1[C@H](C(C)C)CO2. The highest BCUT2D eigenvalue weighted by Gasteiger charge is 2.27. The molecule has 1 atom stereocenters. The molecule has 1 aliphatic heterocycles. The standard InChI is InChI=1S/C21H24ClNO5/c1-12(2)18-11-28-20-9-21(27-6-5-26-4)16(22)7-14(20)17-8-19(25)15(13(3)24)10-23(17)18/h7-10,12,18H,5-6,11H2,1-4H3/t18-/m0/s1. The van der Waals surface area contributed by atoms with Crippen molar-refractivity contribution in [1.82, 2.24) is 4.57 Å². The molecule has 0 amide bonds. The molecule has 0 bridgehead atoms. The van der Waals surface area contributed by atoms with Gasteiger partial charge in [0, 0.05) is 31.0 Å². The predicted molar refractivity (Wildman–Crippen MR) is 108 cm³/mol. The van der Waals surface area contributed by atoms with Crippen LogP contribution in [0.1, 0.15) is 37.2 Å². The molecule has 0 fully saturated rings. The molecule has 0 aliphatic carbocycles. The lowest BCUT2D eigenvalue weighted by molar-refractivity contribution is 0.101. The topological polar surface area (TPSA) is 66.8 Å². The molecule has 2 aromatic rings. The largest absolute Gasteiger partial charge is 0.491 e. The first-order chi connectivity index (χ1) is 13.3. The first-order valence-corrected chi connectivity index (χ1v) is 9.56.